The lowest BCUT2D eigenvalue weighted by atomic mass is 9.92. The molecule has 0 unspecified atom stereocenters. The van der Waals surface area contributed by atoms with Gasteiger partial charge in [0.2, 0.25) is 5.91 Å². The van der Waals surface area contributed by atoms with Crippen molar-refractivity contribution in [2.45, 2.75) is 38.6 Å². The van der Waals surface area contributed by atoms with Gasteiger partial charge in [-0.3, -0.25) is 14.3 Å². The van der Waals surface area contributed by atoms with E-state index in [1.807, 2.05) is 51.1 Å². The van der Waals surface area contributed by atoms with Gasteiger partial charge in [-0.1, -0.05) is 50.3 Å². The summed E-state index contributed by atoms with van der Waals surface area (Å²) < 4.78 is 1.51. The average molecular weight is 452 g/mol. The Morgan fingerprint density at radius 3 is 2.69 bits per heavy atom. The van der Waals surface area contributed by atoms with Crippen LogP contribution in [0.1, 0.15) is 42.5 Å². The number of amides is 2. The van der Waals surface area contributed by atoms with E-state index in [0.717, 1.165) is 21.8 Å². The third-order valence-electron chi connectivity index (χ3n) is 4.82. The maximum Gasteiger partial charge on any atom is 0.270 e. The summed E-state index contributed by atoms with van der Waals surface area (Å²) >= 11 is 1.42. The van der Waals surface area contributed by atoms with Gasteiger partial charge in [0.05, 0.1) is 11.8 Å². The molecule has 9 nitrogen and oxygen atoms in total. The van der Waals surface area contributed by atoms with Crippen LogP contribution in [0.25, 0.3) is 10.6 Å². The molecular weight excluding hydrogens is 426 g/mol. The number of hydrogen-bond acceptors (Lipinski definition) is 7. The summed E-state index contributed by atoms with van der Waals surface area (Å²) in [5.41, 5.74) is 4.30. The van der Waals surface area contributed by atoms with Crippen LogP contribution in [-0.4, -0.2) is 44.4 Å². The summed E-state index contributed by atoms with van der Waals surface area (Å²) in [6.45, 7) is 5.90. The summed E-state index contributed by atoms with van der Waals surface area (Å²) in [6.07, 6.45) is 0.250. The summed E-state index contributed by atoms with van der Waals surface area (Å²) in [4.78, 5) is 25.7. The maximum absolute atomic E-state index is 13.0. The molecule has 0 aliphatic rings. The summed E-state index contributed by atoms with van der Waals surface area (Å²) in [5, 5.41) is 27.3. The van der Waals surface area contributed by atoms with Crippen LogP contribution >= 0.6 is 11.3 Å². The number of carbonyl (C=O) groups is 2. The second kappa shape index (κ2) is 9.70. The first-order valence-electron chi connectivity index (χ1n) is 10.0. The number of hydrogen-bond donors (Lipinski definition) is 2. The minimum absolute atomic E-state index is 0.143. The van der Waals surface area contributed by atoms with Crippen molar-refractivity contribution in [1.82, 2.24) is 30.6 Å². The first-order valence-corrected chi connectivity index (χ1v) is 10.9. The van der Waals surface area contributed by atoms with Crippen LogP contribution in [0.3, 0.4) is 0 Å². The molecule has 1 atom stereocenters. The molecule has 0 fully saturated rings. The number of benzene rings is 1. The number of nitriles is 1. The first-order chi connectivity index (χ1) is 15.2. The molecule has 2 heterocycles. The Labute approximate surface area is 190 Å². The number of nitrogens with zero attached hydrogens (tertiary/aromatic N) is 5. The highest BCUT2D eigenvalue weighted by Gasteiger charge is 2.26. The molecule has 2 aromatic heterocycles. The molecular formula is C22H25N7O2S. The molecule has 32 heavy (non-hydrogen) atoms. The maximum atomic E-state index is 13.0. The van der Waals surface area contributed by atoms with Crippen molar-refractivity contribution >= 4 is 23.2 Å². The van der Waals surface area contributed by atoms with Gasteiger partial charge in [-0.2, -0.15) is 10.4 Å². The molecule has 0 spiro atoms. The largest absolute Gasteiger partial charge is 0.341 e. The Balaban J connectivity index is 1.83. The molecule has 166 valence electrons. The van der Waals surface area contributed by atoms with Crippen molar-refractivity contribution in [2.75, 3.05) is 6.54 Å². The lowest BCUT2D eigenvalue weighted by Gasteiger charge is -2.18. The van der Waals surface area contributed by atoms with Crippen LogP contribution in [0.15, 0.2) is 35.8 Å². The second-order valence-corrected chi connectivity index (χ2v) is 9.17. The molecule has 0 aliphatic heterocycles. The molecule has 0 radical (unpaired) electrons. The van der Waals surface area contributed by atoms with E-state index >= 15 is 0 Å². The van der Waals surface area contributed by atoms with E-state index < -0.39 is 17.9 Å². The van der Waals surface area contributed by atoms with Gasteiger partial charge in [0.25, 0.3) is 5.91 Å². The molecule has 1 aromatic carbocycles. The molecule has 0 saturated heterocycles. The third kappa shape index (κ3) is 5.56. The molecule has 3 rings (SSSR count). The lowest BCUT2D eigenvalue weighted by Crippen LogP contribution is -2.48. The predicted octanol–water partition coefficient (Wildman–Crippen LogP) is 2.22. The zero-order valence-corrected chi connectivity index (χ0v) is 19.2. The van der Waals surface area contributed by atoms with E-state index in [9.17, 15) is 9.59 Å². The fourth-order valence-corrected chi connectivity index (χ4v) is 3.65. The van der Waals surface area contributed by atoms with E-state index in [4.69, 9.17) is 5.26 Å². The van der Waals surface area contributed by atoms with Crippen molar-refractivity contribution in [3.05, 3.63) is 52.8 Å². The number of aromatic nitrogens is 4. The van der Waals surface area contributed by atoms with E-state index in [0.29, 0.717) is 5.69 Å². The number of nitrogens with one attached hydrogen (secondary N) is 2. The predicted molar refractivity (Wildman–Crippen MR) is 121 cm³/mol. The van der Waals surface area contributed by atoms with E-state index in [1.165, 1.54) is 16.0 Å². The van der Waals surface area contributed by atoms with Crippen molar-refractivity contribution in [1.29, 1.82) is 5.26 Å². The molecule has 2 amide bonds. The highest BCUT2D eigenvalue weighted by molar-refractivity contribution is 7.12. The molecule has 0 saturated carbocycles. The Morgan fingerprint density at radius 2 is 2.06 bits per heavy atom. The first kappa shape index (κ1) is 23.1. The van der Waals surface area contributed by atoms with Gasteiger partial charge in [0.15, 0.2) is 0 Å². The van der Waals surface area contributed by atoms with Gasteiger partial charge in [0.1, 0.15) is 28.8 Å². The second-order valence-electron chi connectivity index (χ2n) is 8.34. The topological polar surface area (TPSA) is 126 Å². The minimum atomic E-state index is -0.867. The summed E-state index contributed by atoms with van der Waals surface area (Å²) in [5.74, 6) is -0.840. The highest BCUT2D eigenvalue weighted by Crippen LogP contribution is 2.23. The Kier molecular flexibility index (Phi) is 7.00. The quantitative estimate of drug-likeness (QED) is 0.531. The van der Waals surface area contributed by atoms with E-state index in [2.05, 4.69) is 25.9 Å². The molecule has 10 heteroatoms. The van der Waals surface area contributed by atoms with Gasteiger partial charge < -0.3 is 10.6 Å². The van der Waals surface area contributed by atoms with E-state index in [1.54, 1.807) is 18.6 Å². The smallest absolute Gasteiger partial charge is 0.270 e. The van der Waals surface area contributed by atoms with Crippen LogP contribution in [0.2, 0.25) is 0 Å². The van der Waals surface area contributed by atoms with Crippen molar-refractivity contribution in [2.24, 2.45) is 7.05 Å². The zero-order valence-electron chi connectivity index (χ0n) is 18.4. The van der Waals surface area contributed by atoms with Crippen molar-refractivity contribution < 1.29 is 9.59 Å². The number of aryl methyl sites for hydroxylation is 1. The molecule has 3 aromatic rings. The van der Waals surface area contributed by atoms with Gasteiger partial charge in [-0.25, -0.2) is 0 Å². The zero-order chi connectivity index (χ0) is 23.3. The number of rotatable bonds is 7. The fourth-order valence-electron chi connectivity index (χ4n) is 3.10. The van der Waals surface area contributed by atoms with Gasteiger partial charge in [-0.05, 0) is 17.7 Å². The van der Waals surface area contributed by atoms with Crippen LogP contribution in [-0.2, 0) is 23.7 Å². The molecule has 0 bridgehead atoms. The van der Waals surface area contributed by atoms with Crippen LogP contribution in [0, 0.1) is 11.3 Å². The van der Waals surface area contributed by atoms with Crippen LogP contribution < -0.4 is 10.6 Å². The fraction of sp³-hybridized carbons (Fsp3) is 0.364. The average Bonchev–Trinajstić information content (AvgIpc) is 3.41. The van der Waals surface area contributed by atoms with Crippen molar-refractivity contribution in [3.63, 3.8) is 0 Å². The minimum Gasteiger partial charge on any atom is -0.341 e. The monoisotopic (exact) mass is 451 g/mol. The van der Waals surface area contributed by atoms with Gasteiger partial charge in [-0.15, -0.1) is 10.2 Å². The van der Waals surface area contributed by atoms with Crippen LogP contribution in [0.4, 0.5) is 0 Å². The highest BCUT2D eigenvalue weighted by atomic mass is 32.1. The SMILES string of the molecule is Cn1nc(C(C)(C)C)cc1C(=O)N[C@@H](Cc1cccc(-c2nncs2)c1)C(=O)NCC#N. The third-order valence-corrected chi connectivity index (χ3v) is 5.56. The van der Waals surface area contributed by atoms with Crippen molar-refractivity contribution in [3.8, 4) is 16.6 Å². The Bertz CT molecular complexity index is 1140. The van der Waals surface area contributed by atoms with E-state index in [-0.39, 0.29) is 18.4 Å². The molecule has 2 N–H and O–H groups in total. The summed E-state index contributed by atoms with van der Waals surface area (Å²) in [6, 6.07) is 10.3. The number of carbonyl (C=O) groups excluding carboxylic acids is 2. The molecule has 0 aliphatic carbocycles. The Morgan fingerprint density at radius 1 is 1.28 bits per heavy atom. The lowest BCUT2D eigenvalue weighted by molar-refractivity contribution is -0.122. The van der Waals surface area contributed by atoms with Gasteiger partial charge >= 0.3 is 0 Å². The van der Waals surface area contributed by atoms with Crippen LogP contribution in [0.5, 0.6) is 0 Å². The van der Waals surface area contributed by atoms with Gasteiger partial charge in [0, 0.05) is 24.4 Å². The summed E-state index contributed by atoms with van der Waals surface area (Å²) in [7, 11) is 1.69. The Hall–Kier alpha value is -3.58. The standard InChI is InChI=1S/C22H25N7O2S/c1-22(2,3)18-12-17(29(4)28-18)20(31)26-16(19(30)24-9-8-23)11-14-6-5-7-15(10-14)21-27-25-13-32-21/h5-7,10,12-13,16H,9,11H2,1-4H3,(H,24,30)(H,26,31)/t16-/m0/s1. The normalized spacial score (nSPS) is 12.1.